The zero-order chi connectivity index (χ0) is 18.7. The van der Waals surface area contributed by atoms with Crippen LogP contribution in [0, 0.1) is 0 Å². The molecular weight excluding hydrogens is 366 g/mol. The summed E-state index contributed by atoms with van der Waals surface area (Å²) in [5.74, 6) is 0.116. The first-order valence-corrected chi connectivity index (χ1v) is 7.02. The van der Waals surface area contributed by atoms with Crippen LogP contribution in [0.25, 0.3) is 28.3 Å². The van der Waals surface area contributed by atoms with E-state index in [2.05, 4.69) is 15.0 Å². The summed E-state index contributed by atoms with van der Waals surface area (Å²) < 4.78 is 84.7. The molecule has 26 heavy (non-hydrogen) atoms. The molecule has 0 unspecified atom stereocenters. The van der Waals surface area contributed by atoms with Crippen LogP contribution in [0.2, 0.25) is 0 Å². The van der Waals surface area contributed by atoms with E-state index in [1.165, 1.54) is 30.8 Å². The topological polar surface area (TPSA) is 56.2 Å². The van der Waals surface area contributed by atoms with E-state index < -0.39 is 23.6 Å². The largest absolute Gasteiger partial charge is 0.443 e. The molecule has 0 spiro atoms. The fraction of sp³-hybridized carbons (Fsp3) is 0.133. The van der Waals surface area contributed by atoms with Gasteiger partial charge in [-0.25, -0.2) is 15.0 Å². The summed E-state index contributed by atoms with van der Waals surface area (Å²) in [5.41, 5.74) is -3.77. The van der Waals surface area contributed by atoms with Gasteiger partial charge in [0, 0.05) is 11.6 Å². The monoisotopic (exact) mass is 372 g/mol. The maximum Gasteiger partial charge on any atom is 0.434 e. The van der Waals surface area contributed by atoms with Crippen LogP contribution in [0.15, 0.2) is 41.3 Å². The number of halogens is 6. The van der Waals surface area contributed by atoms with E-state index in [9.17, 15) is 26.3 Å². The van der Waals surface area contributed by atoms with Gasteiger partial charge in [0.15, 0.2) is 5.69 Å². The lowest BCUT2D eigenvalue weighted by molar-refractivity contribution is -0.164. The Morgan fingerprint density at radius 3 is 2.35 bits per heavy atom. The first-order valence-electron chi connectivity index (χ1n) is 7.02. The number of nitrogens with zero attached hydrogens (tertiary/aromatic N) is 4. The number of rotatable bonds is 1. The van der Waals surface area contributed by atoms with Gasteiger partial charge in [-0.15, -0.1) is 0 Å². The molecule has 0 saturated carbocycles. The Labute approximate surface area is 139 Å². The number of pyridine rings is 2. The Balaban J connectivity index is 2.04. The quantitative estimate of drug-likeness (QED) is 0.459. The molecule has 134 valence electrons. The first kappa shape index (κ1) is 16.4. The molecule has 0 atom stereocenters. The van der Waals surface area contributed by atoms with Gasteiger partial charge >= 0.3 is 12.4 Å². The van der Waals surface area contributed by atoms with E-state index in [-0.39, 0.29) is 28.3 Å². The van der Waals surface area contributed by atoms with Crippen molar-refractivity contribution in [1.29, 1.82) is 0 Å². The fourth-order valence-electron chi connectivity index (χ4n) is 2.57. The third kappa shape index (κ3) is 2.55. The van der Waals surface area contributed by atoms with Gasteiger partial charge in [0.2, 0.25) is 5.89 Å². The highest BCUT2D eigenvalue weighted by molar-refractivity contribution is 5.80. The van der Waals surface area contributed by atoms with Gasteiger partial charge in [-0.1, -0.05) is 0 Å². The molecule has 5 nitrogen and oxygen atoms in total. The van der Waals surface area contributed by atoms with Gasteiger partial charge in [-0.3, -0.25) is 4.40 Å². The number of oxazole rings is 1. The van der Waals surface area contributed by atoms with Crippen LogP contribution in [0.5, 0.6) is 0 Å². The third-order valence-electron chi connectivity index (χ3n) is 3.63. The summed E-state index contributed by atoms with van der Waals surface area (Å²) >= 11 is 0. The van der Waals surface area contributed by atoms with Crippen molar-refractivity contribution in [3.8, 4) is 11.6 Å². The predicted molar refractivity (Wildman–Crippen MR) is 76.0 cm³/mol. The molecule has 11 heteroatoms. The average Bonchev–Trinajstić information content (AvgIpc) is 3.20. The van der Waals surface area contributed by atoms with Crippen LogP contribution in [0.1, 0.15) is 11.3 Å². The maximum atomic E-state index is 13.1. The van der Waals surface area contributed by atoms with Crippen LogP contribution in [0.3, 0.4) is 0 Å². The Morgan fingerprint density at radius 2 is 1.73 bits per heavy atom. The lowest BCUT2D eigenvalue weighted by atomic mass is 10.1. The van der Waals surface area contributed by atoms with E-state index >= 15 is 0 Å². The van der Waals surface area contributed by atoms with E-state index in [1.807, 2.05) is 0 Å². The van der Waals surface area contributed by atoms with Crippen molar-refractivity contribution in [2.24, 2.45) is 0 Å². The molecule has 0 radical (unpaired) electrons. The van der Waals surface area contributed by atoms with Gasteiger partial charge in [0.1, 0.15) is 23.3 Å². The molecule has 0 bridgehead atoms. The molecule has 0 saturated heterocycles. The zero-order valence-corrected chi connectivity index (χ0v) is 12.4. The average molecular weight is 372 g/mol. The Hall–Kier alpha value is -3.11. The lowest BCUT2D eigenvalue weighted by Gasteiger charge is -2.15. The molecule has 4 aromatic rings. The highest BCUT2D eigenvalue weighted by atomic mass is 19.4. The molecule has 0 fully saturated rings. The van der Waals surface area contributed by atoms with Gasteiger partial charge in [0.05, 0.1) is 11.8 Å². The molecule has 4 aromatic heterocycles. The maximum absolute atomic E-state index is 13.1. The van der Waals surface area contributed by atoms with Crippen LogP contribution in [-0.4, -0.2) is 19.4 Å². The molecule has 0 amide bonds. The number of alkyl halides is 6. The minimum absolute atomic E-state index is 0.116. The number of imidazole rings is 1. The van der Waals surface area contributed by atoms with Gasteiger partial charge in [-0.05, 0) is 18.2 Å². The summed E-state index contributed by atoms with van der Waals surface area (Å²) in [5, 5.41) is -0.117. The molecular formula is C15H6F6N4O. The third-order valence-corrected chi connectivity index (χ3v) is 3.63. The molecule has 0 N–H and O–H groups in total. The van der Waals surface area contributed by atoms with E-state index in [0.29, 0.717) is 6.07 Å². The second-order valence-electron chi connectivity index (χ2n) is 5.32. The highest BCUT2D eigenvalue weighted by Gasteiger charge is 2.45. The van der Waals surface area contributed by atoms with E-state index in [1.54, 1.807) is 0 Å². The minimum Gasteiger partial charge on any atom is -0.443 e. The number of fused-ring (bicyclic) bond motifs is 3. The summed E-state index contributed by atoms with van der Waals surface area (Å²) in [4.78, 5) is 11.3. The minimum atomic E-state index is -5.27. The zero-order valence-electron chi connectivity index (χ0n) is 12.4. The normalized spacial score (nSPS) is 13.0. The molecule has 0 aromatic carbocycles. The molecule has 4 heterocycles. The number of hydrogen-bond donors (Lipinski definition) is 0. The summed E-state index contributed by atoms with van der Waals surface area (Å²) in [6.45, 7) is 0. The fourth-order valence-corrected chi connectivity index (χ4v) is 2.57. The molecule has 0 aliphatic heterocycles. The predicted octanol–water partition coefficient (Wildman–Crippen LogP) is 4.58. The summed E-state index contributed by atoms with van der Waals surface area (Å²) in [6.07, 6.45) is -6.53. The van der Waals surface area contributed by atoms with Gasteiger partial charge < -0.3 is 4.42 Å². The summed E-state index contributed by atoms with van der Waals surface area (Å²) in [6, 6.07) is 3.01. The Bertz CT molecular complexity index is 1110. The number of aromatic nitrogens is 4. The van der Waals surface area contributed by atoms with Gasteiger partial charge in [0.25, 0.3) is 0 Å². The SMILES string of the molecule is FC(F)(F)c1cc2ccc3nc(-c4ncco4)cn3c2nc1C(F)(F)F. The van der Waals surface area contributed by atoms with Crippen molar-refractivity contribution < 1.29 is 30.8 Å². The Kier molecular flexibility index (Phi) is 3.27. The van der Waals surface area contributed by atoms with Crippen molar-refractivity contribution in [2.75, 3.05) is 0 Å². The molecule has 4 rings (SSSR count). The van der Waals surface area contributed by atoms with E-state index in [4.69, 9.17) is 4.42 Å². The second-order valence-corrected chi connectivity index (χ2v) is 5.32. The van der Waals surface area contributed by atoms with E-state index in [0.717, 1.165) is 4.40 Å². The smallest absolute Gasteiger partial charge is 0.434 e. The standard InChI is InChI=1S/C15H6F6N4O/c16-14(17,18)8-5-7-1-2-10-23-9(13-22-3-4-26-13)6-25(10)12(7)24-11(8)15(19,20)21/h1-6H. The van der Waals surface area contributed by atoms with Crippen LogP contribution in [-0.2, 0) is 12.4 Å². The van der Waals surface area contributed by atoms with Crippen LogP contribution >= 0.6 is 0 Å². The van der Waals surface area contributed by atoms with Crippen molar-refractivity contribution in [3.63, 3.8) is 0 Å². The van der Waals surface area contributed by atoms with Gasteiger partial charge in [-0.2, -0.15) is 26.3 Å². The van der Waals surface area contributed by atoms with Crippen molar-refractivity contribution in [2.45, 2.75) is 12.4 Å². The Morgan fingerprint density at radius 1 is 0.962 bits per heavy atom. The van der Waals surface area contributed by atoms with Crippen molar-refractivity contribution in [1.82, 2.24) is 19.4 Å². The van der Waals surface area contributed by atoms with Crippen molar-refractivity contribution >= 4 is 16.7 Å². The number of hydrogen-bond acceptors (Lipinski definition) is 4. The lowest BCUT2D eigenvalue weighted by Crippen LogP contribution is -2.19. The first-order chi connectivity index (χ1) is 12.1. The molecule has 0 aliphatic carbocycles. The highest BCUT2D eigenvalue weighted by Crippen LogP contribution is 2.40. The van der Waals surface area contributed by atoms with Crippen LogP contribution < -0.4 is 0 Å². The van der Waals surface area contributed by atoms with Crippen LogP contribution in [0.4, 0.5) is 26.3 Å². The van der Waals surface area contributed by atoms with Crippen molar-refractivity contribution in [3.05, 3.63) is 48.1 Å². The summed E-state index contributed by atoms with van der Waals surface area (Å²) in [7, 11) is 0. The second kappa shape index (κ2) is 5.19. The molecule has 0 aliphatic rings.